The van der Waals surface area contributed by atoms with Crippen LogP contribution in [-0.2, 0) is 16.1 Å². The van der Waals surface area contributed by atoms with Gasteiger partial charge in [0, 0.05) is 11.6 Å². The number of nitro benzene ring substituents is 1. The zero-order valence-electron chi connectivity index (χ0n) is 13.4. The Morgan fingerprint density at radius 2 is 1.85 bits per heavy atom. The molecule has 0 bridgehead atoms. The van der Waals surface area contributed by atoms with Gasteiger partial charge in [0.15, 0.2) is 19.0 Å². The van der Waals surface area contributed by atoms with Gasteiger partial charge in [-0.25, -0.2) is 4.79 Å². The average molecular weight is 355 g/mol. The predicted molar refractivity (Wildman–Crippen MR) is 88.1 cm³/mol. The lowest BCUT2D eigenvalue weighted by molar-refractivity contribution is -0.385. The van der Waals surface area contributed by atoms with Gasteiger partial charge in [-0.1, -0.05) is 47.6 Å². The second-order valence-electron chi connectivity index (χ2n) is 5.05. The van der Waals surface area contributed by atoms with Gasteiger partial charge in [-0.3, -0.25) is 10.1 Å². The maximum atomic E-state index is 11.7. The van der Waals surface area contributed by atoms with Gasteiger partial charge in [0.2, 0.25) is 5.82 Å². The minimum atomic E-state index is -0.720. The number of hydrogen-bond donors (Lipinski definition) is 0. The number of nitrogens with zero attached hydrogens (tertiary/aromatic N) is 3. The summed E-state index contributed by atoms with van der Waals surface area (Å²) in [7, 11) is 0. The van der Waals surface area contributed by atoms with Gasteiger partial charge < -0.3 is 14.0 Å². The van der Waals surface area contributed by atoms with Crippen molar-refractivity contribution in [3.8, 4) is 17.1 Å². The highest BCUT2D eigenvalue weighted by molar-refractivity contribution is 5.71. The third-order valence-electron chi connectivity index (χ3n) is 3.26. The van der Waals surface area contributed by atoms with E-state index in [0.29, 0.717) is 5.82 Å². The fraction of sp³-hybridized carbons (Fsp3) is 0.118. The van der Waals surface area contributed by atoms with Crippen LogP contribution in [0.5, 0.6) is 5.75 Å². The van der Waals surface area contributed by atoms with Crippen LogP contribution in [0, 0.1) is 10.1 Å². The van der Waals surface area contributed by atoms with Crippen molar-refractivity contribution >= 4 is 11.7 Å². The zero-order chi connectivity index (χ0) is 18.4. The summed E-state index contributed by atoms with van der Waals surface area (Å²) in [5, 5.41) is 14.7. The van der Waals surface area contributed by atoms with Crippen molar-refractivity contribution in [2.75, 3.05) is 6.61 Å². The van der Waals surface area contributed by atoms with Gasteiger partial charge in [-0.15, -0.1) is 0 Å². The molecule has 132 valence electrons. The Balaban J connectivity index is 1.52. The summed E-state index contributed by atoms with van der Waals surface area (Å²) in [6.45, 7) is -0.705. The van der Waals surface area contributed by atoms with Crippen LogP contribution in [-0.4, -0.2) is 27.6 Å². The first-order valence-corrected chi connectivity index (χ1v) is 7.53. The molecule has 2 aromatic carbocycles. The average Bonchev–Trinajstić information content (AvgIpc) is 3.14. The SMILES string of the molecule is O=C(COc1ccccc1[N+](=O)[O-])OCc1nc(-c2ccccc2)no1. The highest BCUT2D eigenvalue weighted by atomic mass is 16.6. The number of carbonyl (C=O) groups excluding carboxylic acids is 1. The van der Waals surface area contributed by atoms with Crippen molar-refractivity contribution in [3.63, 3.8) is 0 Å². The summed E-state index contributed by atoms with van der Waals surface area (Å²) in [5.74, 6) is -0.225. The standard InChI is InChI=1S/C17H13N3O6/c21-16(11-24-14-9-5-4-8-13(14)20(22)23)25-10-15-18-17(19-26-15)12-6-2-1-3-7-12/h1-9H,10-11H2. The van der Waals surface area contributed by atoms with Crippen molar-refractivity contribution < 1.29 is 23.7 Å². The number of para-hydroxylation sites is 2. The molecule has 0 N–H and O–H groups in total. The summed E-state index contributed by atoms with van der Waals surface area (Å²) in [6, 6.07) is 14.9. The van der Waals surface area contributed by atoms with Crippen molar-refractivity contribution in [2.45, 2.75) is 6.61 Å². The van der Waals surface area contributed by atoms with Crippen LogP contribution in [0.25, 0.3) is 11.4 Å². The quantitative estimate of drug-likeness (QED) is 0.361. The van der Waals surface area contributed by atoms with E-state index in [0.717, 1.165) is 5.56 Å². The van der Waals surface area contributed by atoms with E-state index in [9.17, 15) is 14.9 Å². The van der Waals surface area contributed by atoms with Gasteiger partial charge in [0.25, 0.3) is 5.89 Å². The Kier molecular flexibility index (Phi) is 5.18. The van der Waals surface area contributed by atoms with E-state index < -0.39 is 17.5 Å². The van der Waals surface area contributed by atoms with Crippen LogP contribution in [0.2, 0.25) is 0 Å². The lowest BCUT2D eigenvalue weighted by Crippen LogP contribution is -2.15. The maximum absolute atomic E-state index is 11.7. The number of nitro groups is 1. The lowest BCUT2D eigenvalue weighted by Gasteiger charge is -2.05. The molecule has 3 aromatic rings. The summed E-state index contributed by atoms with van der Waals surface area (Å²) >= 11 is 0. The van der Waals surface area contributed by atoms with Gasteiger partial charge in [0.1, 0.15) is 0 Å². The minimum Gasteiger partial charge on any atom is -0.475 e. The zero-order valence-corrected chi connectivity index (χ0v) is 13.4. The normalized spacial score (nSPS) is 10.3. The van der Waals surface area contributed by atoms with Crippen molar-refractivity contribution in [1.82, 2.24) is 10.1 Å². The Bertz CT molecular complexity index is 910. The fourth-order valence-electron chi connectivity index (χ4n) is 2.07. The maximum Gasteiger partial charge on any atom is 0.344 e. The first-order chi connectivity index (χ1) is 12.6. The van der Waals surface area contributed by atoms with Gasteiger partial charge >= 0.3 is 11.7 Å². The van der Waals surface area contributed by atoms with E-state index >= 15 is 0 Å². The number of hydrogen-bond acceptors (Lipinski definition) is 8. The lowest BCUT2D eigenvalue weighted by atomic mass is 10.2. The van der Waals surface area contributed by atoms with Gasteiger partial charge in [0.05, 0.1) is 4.92 Å². The second kappa shape index (κ2) is 7.88. The van der Waals surface area contributed by atoms with Crippen molar-refractivity contribution in [2.24, 2.45) is 0 Å². The van der Waals surface area contributed by atoms with E-state index in [4.69, 9.17) is 14.0 Å². The molecule has 0 spiro atoms. The molecule has 0 unspecified atom stereocenters. The molecule has 0 atom stereocenters. The molecule has 0 saturated carbocycles. The molecule has 0 radical (unpaired) electrons. The molecule has 9 heteroatoms. The van der Waals surface area contributed by atoms with Gasteiger partial charge in [-0.05, 0) is 6.07 Å². The number of rotatable bonds is 7. The third-order valence-corrected chi connectivity index (χ3v) is 3.26. The molecule has 0 aliphatic heterocycles. The minimum absolute atomic E-state index is 0.0152. The van der Waals surface area contributed by atoms with Crippen LogP contribution in [0.15, 0.2) is 59.1 Å². The number of esters is 1. The third kappa shape index (κ3) is 4.20. The highest BCUT2D eigenvalue weighted by Crippen LogP contribution is 2.25. The smallest absolute Gasteiger partial charge is 0.344 e. The number of benzene rings is 2. The largest absolute Gasteiger partial charge is 0.475 e. The van der Waals surface area contributed by atoms with Crippen LogP contribution in [0.1, 0.15) is 5.89 Å². The van der Waals surface area contributed by atoms with Gasteiger partial charge in [-0.2, -0.15) is 4.98 Å². The molecule has 0 saturated heterocycles. The Labute approximate surface area is 147 Å². The molecule has 3 rings (SSSR count). The van der Waals surface area contributed by atoms with E-state index in [1.165, 1.54) is 18.2 Å². The van der Waals surface area contributed by atoms with Crippen molar-refractivity contribution in [1.29, 1.82) is 0 Å². The molecule has 0 fully saturated rings. The summed E-state index contributed by atoms with van der Waals surface area (Å²) < 4.78 is 15.1. The molecule has 1 aromatic heterocycles. The highest BCUT2D eigenvalue weighted by Gasteiger charge is 2.16. The van der Waals surface area contributed by atoms with E-state index in [1.54, 1.807) is 6.07 Å². The first kappa shape index (κ1) is 17.1. The molecule has 26 heavy (non-hydrogen) atoms. The van der Waals surface area contributed by atoms with E-state index in [1.807, 2.05) is 30.3 Å². The van der Waals surface area contributed by atoms with E-state index in [2.05, 4.69) is 10.1 Å². The first-order valence-electron chi connectivity index (χ1n) is 7.53. The van der Waals surface area contributed by atoms with Crippen LogP contribution in [0.3, 0.4) is 0 Å². The summed E-state index contributed by atoms with van der Waals surface area (Å²) in [5.41, 5.74) is 0.540. The topological polar surface area (TPSA) is 118 Å². The number of aromatic nitrogens is 2. The molecule has 1 heterocycles. The second-order valence-corrected chi connectivity index (χ2v) is 5.05. The summed E-state index contributed by atoms with van der Waals surface area (Å²) in [6.07, 6.45) is 0. The molecule has 9 nitrogen and oxygen atoms in total. The van der Waals surface area contributed by atoms with Crippen LogP contribution < -0.4 is 4.74 Å². The Morgan fingerprint density at radius 1 is 1.12 bits per heavy atom. The molecular formula is C17H13N3O6. The summed E-state index contributed by atoms with van der Waals surface area (Å²) in [4.78, 5) is 26.1. The number of carbonyl (C=O) groups is 1. The van der Waals surface area contributed by atoms with Crippen LogP contribution in [0.4, 0.5) is 5.69 Å². The number of ether oxygens (including phenoxy) is 2. The Morgan fingerprint density at radius 3 is 2.62 bits per heavy atom. The molecule has 0 aliphatic carbocycles. The molecule has 0 amide bonds. The fourth-order valence-corrected chi connectivity index (χ4v) is 2.07. The molecular weight excluding hydrogens is 342 g/mol. The van der Waals surface area contributed by atoms with E-state index in [-0.39, 0.29) is 23.9 Å². The van der Waals surface area contributed by atoms with Crippen LogP contribution >= 0.6 is 0 Å². The predicted octanol–water partition coefficient (Wildman–Crippen LogP) is 2.77. The monoisotopic (exact) mass is 355 g/mol. The molecule has 0 aliphatic rings. The Hall–Kier alpha value is -3.75. The van der Waals surface area contributed by atoms with Crippen molar-refractivity contribution in [3.05, 3.63) is 70.6 Å².